The van der Waals surface area contributed by atoms with Crippen molar-refractivity contribution in [1.29, 1.82) is 0 Å². The van der Waals surface area contributed by atoms with Gasteiger partial charge in [-0.25, -0.2) is 0 Å². The van der Waals surface area contributed by atoms with Crippen LogP contribution in [0.2, 0.25) is 0 Å². The molecule has 0 fully saturated rings. The van der Waals surface area contributed by atoms with Crippen LogP contribution in [0, 0.1) is 6.92 Å². The number of carbonyl (C=O) groups excluding carboxylic acids is 1. The fourth-order valence-electron chi connectivity index (χ4n) is 4.29. The predicted octanol–water partition coefficient (Wildman–Crippen LogP) is 2.72. The molecule has 0 radical (unpaired) electrons. The maximum absolute atomic E-state index is 12.5. The molecule has 162 valence electrons. The largest absolute Gasteiger partial charge is 0.493 e. The third kappa shape index (κ3) is 4.59. The van der Waals surface area contributed by atoms with Crippen molar-refractivity contribution in [3.8, 4) is 11.5 Å². The molecule has 4 rings (SSSR count). The molecule has 31 heavy (non-hydrogen) atoms. The number of hydrogen-bond donors (Lipinski definition) is 2. The zero-order valence-corrected chi connectivity index (χ0v) is 18.2. The fraction of sp³-hybridized carbons (Fsp3) is 0.320. The van der Waals surface area contributed by atoms with Crippen LogP contribution in [0.4, 0.5) is 0 Å². The Hall–Kier alpha value is -3.25. The van der Waals surface area contributed by atoms with Crippen molar-refractivity contribution in [3.63, 3.8) is 0 Å². The highest BCUT2D eigenvalue weighted by Gasteiger charge is 2.33. The SMILES string of the molecule is COc1cc2c(cc1OC)[C@@H](CNC(=O)c1ccco1)[NH+](Cc1ccc(C)cc1)CC2. The minimum Gasteiger partial charge on any atom is -0.493 e. The number of carbonyl (C=O) groups is 1. The van der Waals surface area contributed by atoms with Crippen LogP contribution in [0.25, 0.3) is 0 Å². The van der Waals surface area contributed by atoms with Crippen LogP contribution in [0.3, 0.4) is 0 Å². The summed E-state index contributed by atoms with van der Waals surface area (Å²) in [4.78, 5) is 13.9. The van der Waals surface area contributed by atoms with Crippen molar-refractivity contribution >= 4 is 5.91 Å². The first-order valence-corrected chi connectivity index (χ1v) is 10.6. The summed E-state index contributed by atoms with van der Waals surface area (Å²) in [6.07, 6.45) is 2.45. The van der Waals surface area contributed by atoms with Gasteiger partial charge in [0.25, 0.3) is 5.91 Å². The highest BCUT2D eigenvalue weighted by atomic mass is 16.5. The summed E-state index contributed by atoms with van der Waals surface area (Å²) in [5.41, 5.74) is 4.96. The molecule has 2 N–H and O–H groups in total. The lowest BCUT2D eigenvalue weighted by atomic mass is 9.91. The zero-order chi connectivity index (χ0) is 21.8. The van der Waals surface area contributed by atoms with Crippen molar-refractivity contribution < 1.29 is 23.6 Å². The van der Waals surface area contributed by atoms with E-state index in [2.05, 4.69) is 48.6 Å². The smallest absolute Gasteiger partial charge is 0.287 e. The van der Waals surface area contributed by atoms with Crippen LogP contribution in [-0.4, -0.2) is 33.2 Å². The molecule has 1 unspecified atom stereocenters. The van der Waals surface area contributed by atoms with E-state index >= 15 is 0 Å². The van der Waals surface area contributed by atoms with Crippen molar-refractivity contribution in [3.05, 3.63) is 82.8 Å². The van der Waals surface area contributed by atoms with Gasteiger partial charge in [-0.1, -0.05) is 29.8 Å². The Balaban J connectivity index is 1.63. The van der Waals surface area contributed by atoms with Crippen LogP contribution in [0.5, 0.6) is 11.5 Å². The van der Waals surface area contributed by atoms with Gasteiger partial charge in [0.2, 0.25) is 0 Å². The number of furan rings is 1. The molecule has 0 aliphatic carbocycles. The van der Waals surface area contributed by atoms with E-state index in [1.54, 1.807) is 26.4 Å². The Kier molecular flexibility index (Phi) is 6.28. The molecule has 2 heterocycles. The van der Waals surface area contributed by atoms with Gasteiger partial charge in [0.05, 0.1) is 33.6 Å². The average Bonchev–Trinajstić information content (AvgIpc) is 3.33. The van der Waals surface area contributed by atoms with E-state index in [0.29, 0.717) is 18.1 Å². The molecular weight excluding hydrogens is 392 g/mol. The summed E-state index contributed by atoms with van der Waals surface area (Å²) in [6, 6.07) is 16.3. The predicted molar refractivity (Wildman–Crippen MR) is 118 cm³/mol. The molecule has 0 spiro atoms. The van der Waals surface area contributed by atoms with Crippen molar-refractivity contribution in [2.45, 2.75) is 25.9 Å². The quantitative estimate of drug-likeness (QED) is 0.616. The summed E-state index contributed by atoms with van der Waals surface area (Å²) < 4.78 is 16.3. The van der Waals surface area contributed by atoms with E-state index in [1.165, 1.54) is 33.4 Å². The van der Waals surface area contributed by atoms with Crippen molar-refractivity contribution in [2.24, 2.45) is 0 Å². The molecule has 2 atom stereocenters. The Bertz CT molecular complexity index is 1030. The van der Waals surface area contributed by atoms with Crippen LogP contribution in [0.15, 0.2) is 59.2 Å². The second kappa shape index (κ2) is 9.27. The third-order valence-electron chi connectivity index (χ3n) is 5.99. The number of methoxy groups -OCH3 is 2. The summed E-state index contributed by atoms with van der Waals surface area (Å²) >= 11 is 0. The van der Waals surface area contributed by atoms with Gasteiger partial charge >= 0.3 is 0 Å². The van der Waals surface area contributed by atoms with Gasteiger partial charge < -0.3 is 24.1 Å². The number of hydrogen-bond acceptors (Lipinski definition) is 4. The Morgan fingerprint density at radius 1 is 1.13 bits per heavy atom. The standard InChI is InChI=1S/C25H28N2O4/c1-17-6-8-18(9-7-17)16-27-11-10-19-13-23(29-2)24(30-3)14-20(19)21(27)15-26-25(28)22-5-4-12-31-22/h4-9,12-14,21H,10-11,15-16H2,1-3H3,(H,26,28)/p+1/t21-/m1/s1. The normalized spacial score (nSPS) is 17.6. The van der Waals surface area contributed by atoms with Crippen molar-refractivity contribution in [1.82, 2.24) is 5.32 Å². The lowest BCUT2D eigenvalue weighted by molar-refractivity contribution is -0.945. The molecular formula is C25H29N2O4+. The van der Waals surface area contributed by atoms with E-state index in [1.807, 2.05) is 0 Å². The molecule has 0 saturated heterocycles. The molecule has 6 nitrogen and oxygen atoms in total. The molecule has 0 saturated carbocycles. The topological polar surface area (TPSA) is 65.1 Å². The molecule has 2 aromatic carbocycles. The minimum absolute atomic E-state index is 0.0868. The number of ether oxygens (including phenoxy) is 2. The monoisotopic (exact) mass is 421 g/mol. The Labute approximate surface area is 182 Å². The van der Waals surface area contributed by atoms with Crippen LogP contribution >= 0.6 is 0 Å². The number of quaternary nitrogens is 1. The van der Waals surface area contributed by atoms with E-state index < -0.39 is 0 Å². The van der Waals surface area contributed by atoms with Gasteiger partial charge in [-0.3, -0.25) is 4.79 Å². The van der Waals surface area contributed by atoms with Gasteiger partial charge in [0.1, 0.15) is 12.6 Å². The Morgan fingerprint density at radius 3 is 2.55 bits per heavy atom. The molecule has 1 aromatic heterocycles. The molecule has 1 amide bonds. The zero-order valence-electron chi connectivity index (χ0n) is 18.2. The highest BCUT2D eigenvalue weighted by molar-refractivity contribution is 5.91. The minimum atomic E-state index is -0.202. The summed E-state index contributed by atoms with van der Waals surface area (Å²) in [6.45, 7) is 4.45. The summed E-state index contributed by atoms with van der Waals surface area (Å²) in [7, 11) is 3.31. The van der Waals surface area contributed by atoms with Crippen LogP contribution < -0.4 is 19.7 Å². The highest BCUT2D eigenvalue weighted by Crippen LogP contribution is 2.34. The lowest BCUT2D eigenvalue weighted by Gasteiger charge is -2.35. The maximum Gasteiger partial charge on any atom is 0.287 e. The molecule has 0 bridgehead atoms. The number of rotatable bonds is 7. The van der Waals surface area contributed by atoms with E-state index in [-0.39, 0.29) is 11.9 Å². The van der Waals surface area contributed by atoms with E-state index in [9.17, 15) is 4.79 Å². The van der Waals surface area contributed by atoms with Gasteiger partial charge in [0.15, 0.2) is 17.3 Å². The third-order valence-corrected chi connectivity index (χ3v) is 5.99. The second-order valence-corrected chi connectivity index (χ2v) is 7.97. The number of aryl methyl sites for hydroxylation is 1. The van der Waals surface area contributed by atoms with Gasteiger partial charge in [-0.2, -0.15) is 0 Å². The summed E-state index contributed by atoms with van der Waals surface area (Å²) in [5, 5.41) is 3.06. The van der Waals surface area contributed by atoms with E-state index in [4.69, 9.17) is 13.9 Å². The lowest BCUT2D eigenvalue weighted by Crippen LogP contribution is -3.12. The first-order chi connectivity index (χ1) is 15.1. The first kappa shape index (κ1) is 21.0. The second-order valence-electron chi connectivity index (χ2n) is 7.97. The molecule has 1 aliphatic heterocycles. The van der Waals surface area contributed by atoms with Crippen LogP contribution in [0.1, 0.15) is 38.9 Å². The van der Waals surface area contributed by atoms with Gasteiger partial charge in [0, 0.05) is 17.5 Å². The number of amides is 1. The Morgan fingerprint density at radius 2 is 1.87 bits per heavy atom. The molecule has 1 aliphatic rings. The summed E-state index contributed by atoms with van der Waals surface area (Å²) in [5.74, 6) is 1.57. The number of nitrogens with one attached hydrogen (secondary N) is 2. The fourth-order valence-corrected chi connectivity index (χ4v) is 4.29. The van der Waals surface area contributed by atoms with Gasteiger partial charge in [-0.05, 0) is 36.8 Å². The molecule has 6 heteroatoms. The number of fused-ring (bicyclic) bond motifs is 1. The molecule has 3 aromatic rings. The first-order valence-electron chi connectivity index (χ1n) is 10.6. The number of benzene rings is 2. The van der Waals surface area contributed by atoms with Crippen molar-refractivity contribution in [2.75, 3.05) is 27.3 Å². The van der Waals surface area contributed by atoms with E-state index in [0.717, 1.165) is 25.3 Å². The van der Waals surface area contributed by atoms with Crippen LogP contribution in [-0.2, 0) is 13.0 Å². The van der Waals surface area contributed by atoms with Gasteiger partial charge in [-0.15, -0.1) is 0 Å². The average molecular weight is 422 g/mol. The maximum atomic E-state index is 12.5.